The Bertz CT molecular complexity index is 1110. The highest BCUT2D eigenvalue weighted by atomic mass is 32.1. The molecule has 2 saturated heterocycles. The lowest BCUT2D eigenvalue weighted by molar-refractivity contribution is -0.140. The maximum absolute atomic E-state index is 13.5. The number of hydrogen-bond acceptors (Lipinski definition) is 6. The molecule has 0 N–H and O–H groups in total. The number of halogens is 2. The molecule has 0 spiro atoms. The number of carbonyl (C=O) groups excluding carboxylic acids is 2. The molecule has 1 aromatic carbocycles. The molecule has 0 bridgehead atoms. The summed E-state index contributed by atoms with van der Waals surface area (Å²) in [5, 5.41) is 0.872. The topological polar surface area (TPSA) is 69.6 Å². The number of nitrogens with zero attached hydrogens (tertiary/aromatic N) is 5. The summed E-state index contributed by atoms with van der Waals surface area (Å²) in [6.45, 7) is 2.47. The molecule has 2 aromatic heterocycles. The third kappa shape index (κ3) is 3.71. The van der Waals surface area contributed by atoms with Crippen molar-refractivity contribution in [2.45, 2.75) is 6.42 Å². The fraction of sp³-hybridized carbons (Fsp3) is 0.333. The Morgan fingerprint density at radius 1 is 1.06 bits per heavy atom. The first kappa shape index (κ1) is 19.8. The highest BCUT2D eigenvalue weighted by Crippen LogP contribution is 2.30. The van der Waals surface area contributed by atoms with Crippen molar-refractivity contribution in [1.29, 1.82) is 0 Å². The van der Waals surface area contributed by atoms with Gasteiger partial charge in [-0.1, -0.05) is 11.3 Å². The Morgan fingerprint density at radius 2 is 1.81 bits per heavy atom. The van der Waals surface area contributed by atoms with E-state index in [4.69, 9.17) is 0 Å². The molecule has 0 saturated carbocycles. The molecule has 31 heavy (non-hydrogen) atoms. The van der Waals surface area contributed by atoms with Crippen molar-refractivity contribution in [3.63, 3.8) is 0 Å². The van der Waals surface area contributed by atoms with Crippen molar-refractivity contribution < 1.29 is 18.4 Å². The van der Waals surface area contributed by atoms with Crippen LogP contribution in [0.5, 0.6) is 0 Å². The van der Waals surface area contributed by atoms with Gasteiger partial charge in [0.15, 0.2) is 5.13 Å². The molecule has 2 aliphatic rings. The van der Waals surface area contributed by atoms with Gasteiger partial charge >= 0.3 is 0 Å². The molecule has 4 heterocycles. The Hall–Kier alpha value is -3.14. The van der Waals surface area contributed by atoms with E-state index < -0.39 is 23.5 Å². The first-order chi connectivity index (χ1) is 15.0. The summed E-state index contributed by atoms with van der Waals surface area (Å²) >= 11 is 1.52. The van der Waals surface area contributed by atoms with Crippen LogP contribution >= 0.6 is 11.3 Å². The molecule has 2 amide bonds. The second kappa shape index (κ2) is 7.84. The average molecular weight is 443 g/mol. The van der Waals surface area contributed by atoms with Crippen molar-refractivity contribution in [2.24, 2.45) is 5.92 Å². The van der Waals surface area contributed by atoms with Gasteiger partial charge in [-0.25, -0.2) is 18.7 Å². The van der Waals surface area contributed by atoms with Gasteiger partial charge in [-0.2, -0.15) is 0 Å². The second-order valence-electron chi connectivity index (χ2n) is 7.60. The molecule has 7 nitrogen and oxygen atoms in total. The van der Waals surface area contributed by atoms with E-state index in [2.05, 4.69) is 14.9 Å². The summed E-state index contributed by atoms with van der Waals surface area (Å²) in [6.07, 6.45) is 2.07. The van der Waals surface area contributed by atoms with Gasteiger partial charge in [0.25, 0.3) is 0 Å². The lowest BCUT2D eigenvalue weighted by Crippen LogP contribution is -2.51. The van der Waals surface area contributed by atoms with Gasteiger partial charge < -0.3 is 14.7 Å². The normalized spacial score (nSPS) is 19.5. The highest BCUT2D eigenvalue weighted by Gasteiger charge is 2.40. The fourth-order valence-corrected chi connectivity index (χ4v) is 5.05. The number of anilines is 2. The number of fused-ring (bicyclic) bond motifs is 1. The largest absolute Gasteiger partial charge is 0.344 e. The number of piperazine rings is 1. The smallest absolute Gasteiger partial charge is 0.239 e. The molecule has 2 fully saturated rings. The van der Waals surface area contributed by atoms with Crippen LogP contribution in [0, 0.1) is 17.6 Å². The molecular weight excluding hydrogens is 424 g/mol. The summed E-state index contributed by atoms with van der Waals surface area (Å²) in [4.78, 5) is 40.7. The zero-order valence-electron chi connectivity index (χ0n) is 16.5. The molecule has 1 atom stereocenters. The summed E-state index contributed by atoms with van der Waals surface area (Å²) < 4.78 is 27.1. The minimum Gasteiger partial charge on any atom is -0.344 e. The van der Waals surface area contributed by atoms with Crippen molar-refractivity contribution >= 4 is 44.3 Å². The van der Waals surface area contributed by atoms with Crippen molar-refractivity contribution in [1.82, 2.24) is 14.9 Å². The fourth-order valence-electron chi connectivity index (χ4n) is 4.09. The Kier molecular flexibility index (Phi) is 5.01. The number of carbonyl (C=O) groups is 2. The third-order valence-corrected chi connectivity index (χ3v) is 6.72. The predicted molar refractivity (Wildman–Crippen MR) is 113 cm³/mol. The molecule has 3 aromatic rings. The highest BCUT2D eigenvalue weighted by molar-refractivity contribution is 7.21. The van der Waals surface area contributed by atoms with Gasteiger partial charge in [-0.3, -0.25) is 9.59 Å². The first-order valence-electron chi connectivity index (χ1n) is 10.0. The van der Waals surface area contributed by atoms with E-state index in [1.165, 1.54) is 16.2 Å². The van der Waals surface area contributed by atoms with Crippen LogP contribution in [0.4, 0.5) is 19.6 Å². The number of rotatable bonds is 3. The number of pyridine rings is 1. The summed E-state index contributed by atoms with van der Waals surface area (Å²) in [6, 6.07) is 6.75. The monoisotopic (exact) mass is 443 g/mol. The van der Waals surface area contributed by atoms with Crippen LogP contribution in [0.25, 0.3) is 10.3 Å². The van der Waals surface area contributed by atoms with Crippen LogP contribution < -0.4 is 9.80 Å². The van der Waals surface area contributed by atoms with Crippen molar-refractivity contribution in [2.75, 3.05) is 42.5 Å². The van der Waals surface area contributed by atoms with E-state index >= 15 is 0 Å². The minimum atomic E-state index is -0.815. The van der Waals surface area contributed by atoms with Crippen LogP contribution in [0.1, 0.15) is 6.42 Å². The third-order valence-electron chi connectivity index (χ3n) is 5.68. The molecule has 5 rings (SSSR count). The van der Waals surface area contributed by atoms with Crippen LogP contribution in [-0.4, -0.2) is 59.4 Å². The number of aromatic nitrogens is 2. The second-order valence-corrected chi connectivity index (χ2v) is 8.55. The van der Waals surface area contributed by atoms with E-state index in [0.29, 0.717) is 32.6 Å². The number of thiazole rings is 1. The average Bonchev–Trinajstić information content (AvgIpc) is 3.36. The van der Waals surface area contributed by atoms with Gasteiger partial charge in [-0.15, -0.1) is 0 Å². The maximum atomic E-state index is 13.5. The number of benzene rings is 1. The zero-order valence-corrected chi connectivity index (χ0v) is 17.3. The van der Waals surface area contributed by atoms with Crippen LogP contribution in [0.3, 0.4) is 0 Å². The minimum absolute atomic E-state index is 0.145. The predicted octanol–water partition coefficient (Wildman–Crippen LogP) is 2.67. The van der Waals surface area contributed by atoms with Crippen LogP contribution in [0.2, 0.25) is 0 Å². The molecule has 2 aliphatic heterocycles. The lowest BCUT2D eigenvalue weighted by Gasteiger charge is -2.35. The van der Waals surface area contributed by atoms with Gasteiger partial charge in [0.05, 0.1) is 0 Å². The van der Waals surface area contributed by atoms with E-state index in [1.54, 1.807) is 11.1 Å². The molecule has 0 radical (unpaired) electrons. The quantitative estimate of drug-likeness (QED) is 0.583. The van der Waals surface area contributed by atoms with Gasteiger partial charge in [0.2, 0.25) is 11.8 Å². The molecule has 10 heteroatoms. The summed E-state index contributed by atoms with van der Waals surface area (Å²) in [5.41, 5.74) is 0.999. The van der Waals surface area contributed by atoms with Crippen molar-refractivity contribution in [3.8, 4) is 0 Å². The summed E-state index contributed by atoms with van der Waals surface area (Å²) in [7, 11) is 0. The number of hydrogen-bond donors (Lipinski definition) is 0. The van der Waals surface area contributed by atoms with E-state index in [0.717, 1.165) is 33.7 Å². The molecule has 160 valence electrons. The van der Waals surface area contributed by atoms with E-state index in [9.17, 15) is 18.4 Å². The van der Waals surface area contributed by atoms with Crippen molar-refractivity contribution in [3.05, 3.63) is 48.2 Å². The Labute approximate surface area is 180 Å². The molecule has 0 aliphatic carbocycles. The lowest BCUT2D eigenvalue weighted by atomic mass is 10.1. The standard InChI is InChI=1S/C21H19F2N5O2S/c22-13-10-14(23)12-15(11-13)28-5-3-16(20(28)30)19(29)26-6-8-27(9-7-26)21-25-17-2-1-4-24-18(17)31-21/h1-2,4,10-12,16H,3,5-9H2. The Balaban J connectivity index is 1.23. The zero-order chi connectivity index (χ0) is 21.5. The SMILES string of the molecule is O=C(C1CCN(c2cc(F)cc(F)c2)C1=O)N1CCN(c2nc3cccnc3s2)CC1. The van der Waals surface area contributed by atoms with E-state index in [1.807, 2.05) is 12.1 Å². The number of amides is 2. The molecular formula is C21H19F2N5O2S. The van der Waals surface area contributed by atoms with Gasteiger partial charge in [-0.05, 0) is 30.7 Å². The van der Waals surface area contributed by atoms with Gasteiger partial charge in [0, 0.05) is 50.7 Å². The summed E-state index contributed by atoms with van der Waals surface area (Å²) in [5.74, 6) is -2.95. The van der Waals surface area contributed by atoms with E-state index in [-0.39, 0.29) is 18.1 Å². The molecule has 1 unspecified atom stereocenters. The first-order valence-corrected chi connectivity index (χ1v) is 10.8. The van der Waals surface area contributed by atoms with Crippen LogP contribution in [0.15, 0.2) is 36.5 Å². The van der Waals surface area contributed by atoms with Gasteiger partial charge in [0.1, 0.15) is 27.9 Å². The van der Waals surface area contributed by atoms with Crippen LogP contribution in [-0.2, 0) is 9.59 Å². The Morgan fingerprint density at radius 3 is 2.52 bits per heavy atom. The maximum Gasteiger partial charge on any atom is 0.239 e.